The molecular weight excluding hydrogens is 436 g/mol. The maximum atomic E-state index is 13.7. The van der Waals surface area contributed by atoms with Crippen molar-refractivity contribution in [1.29, 1.82) is 0 Å². The van der Waals surface area contributed by atoms with Gasteiger partial charge in [-0.2, -0.15) is 0 Å². The van der Waals surface area contributed by atoms with E-state index in [4.69, 9.17) is 0 Å². The van der Waals surface area contributed by atoms with Crippen LogP contribution in [-0.4, -0.2) is 43.4 Å². The number of aryl methyl sites for hydroxylation is 1. The van der Waals surface area contributed by atoms with Gasteiger partial charge in [0.25, 0.3) is 0 Å². The van der Waals surface area contributed by atoms with Crippen LogP contribution in [0.1, 0.15) is 76.1 Å². The molecule has 0 aromatic heterocycles. The highest BCUT2D eigenvalue weighted by molar-refractivity contribution is 6.23. The Balaban J connectivity index is 1.98. The van der Waals surface area contributed by atoms with Crippen LogP contribution in [0.25, 0.3) is 5.76 Å². The fraction of sp³-hybridized carbons (Fsp3) is 0.519. The van der Waals surface area contributed by atoms with E-state index in [1.807, 2.05) is 33.8 Å². The molecule has 1 aromatic carbocycles. The lowest BCUT2D eigenvalue weighted by atomic mass is 9.58. The number of fused-ring (bicyclic) bond motifs is 3. The number of benzene rings is 1. The topological polar surface area (TPSA) is 132 Å². The third-order valence-electron chi connectivity index (χ3n) is 7.59. The number of hydrogen-bond acceptors (Lipinski definition) is 7. The van der Waals surface area contributed by atoms with E-state index in [-0.39, 0.29) is 29.7 Å². The Morgan fingerprint density at radius 2 is 1.79 bits per heavy atom. The molecule has 0 amide bonds. The Morgan fingerprint density at radius 1 is 1.15 bits per heavy atom. The van der Waals surface area contributed by atoms with Crippen LogP contribution in [0, 0.1) is 11.8 Å². The third-order valence-corrected chi connectivity index (χ3v) is 7.59. The Morgan fingerprint density at radius 3 is 2.35 bits per heavy atom. The van der Waals surface area contributed by atoms with Gasteiger partial charge in [-0.15, -0.1) is 0 Å². The summed E-state index contributed by atoms with van der Waals surface area (Å²) in [5.41, 5.74) is -0.933. The molecule has 0 heterocycles. The number of ketones is 3. The molecule has 0 aliphatic heterocycles. The highest BCUT2D eigenvalue weighted by Gasteiger charge is 2.60. The summed E-state index contributed by atoms with van der Waals surface area (Å²) in [5.74, 6) is -5.08. The van der Waals surface area contributed by atoms with Crippen molar-refractivity contribution in [3.63, 3.8) is 0 Å². The molecule has 0 saturated heterocycles. The summed E-state index contributed by atoms with van der Waals surface area (Å²) in [5, 5.41) is 44.7. The normalized spacial score (nSPS) is 26.9. The van der Waals surface area contributed by atoms with Crippen LogP contribution in [0.2, 0.25) is 0 Å². The van der Waals surface area contributed by atoms with Crippen molar-refractivity contribution in [2.45, 2.75) is 77.7 Å². The molecule has 7 heteroatoms. The molecule has 1 saturated carbocycles. The van der Waals surface area contributed by atoms with Crippen molar-refractivity contribution in [2.75, 3.05) is 0 Å². The predicted molar refractivity (Wildman–Crippen MR) is 126 cm³/mol. The van der Waals surface area contributed by atoms with Gasteiger partial charge in [0, 0.05) is 23.5 Å². The van der Waals surface area contributed by atoms with Crippen molar-refractivity contribution < 1.29 is 34.8 Å². The van der Waals surface area contributed by atoms with Gasteiger partial charge in [-0.05, 0) is 48.6 Å². The number of aliphatic hydroxyl groups is 3. The van der Waals surface area contributed by atoms with Gasteiger partial charge in [0.1, 0.15) is 22.8 Å². The van der Waals surface area contributed by atoms with Crippen LogP contribution >= 0.6 is 0 Å². The summed E-state index contributed by atoms with van der Waals surface area (Å²) in [6.07, 6.45) is 1.88. The molecule has 1 fully saturated rings. The van der Waals surface area contributed by atoms with E-state index in [1.165, 1.54) is 0 Å². The predicted octanol–water partition coefficient (Wildman–Crippen LogP) is 3.78. The number of hydrogen-bond donors (Lipinski definition) is 4. The second kappa shape index (κ2) is 7.80. The molecule has 4 rings (SSSR count). The van der Waals surface area contributed by atoms with Crippen molar-refractivity contribution >= 4 is 23.1 Å². The number of Topliss-reactive ketones (excluding diaryl/α,β-unsaturated/α-hetero) is 3. The van der Waals surface area contributed by atoms with Crippen LogP contribution in [-0.2, 0) is 32.6 Å². The van der Waals surface area contributed by atoms with Crippen LogP contribution in [0.3, 0.4) is 0 Å². The van der Waals surface area contributed by atoms with Gasteiger partial charge in [0.2, 0.25) is 5.78 Å². The lowest BCUT2D eigenvalue weighted by Gasteiger charge is -2.46. The molecule has 0 bridgehead atoms. The standard InChI is InChI=1S/C27H32O7/c1-6-7-13-10-17(26(3,4)5)22(30)21-16(13)9-14-8-15-11-18(29)19(12(2)28)24(32)27(15,34)25(33)20(14)23(21)31/h10,14-15,30-32,34H,6-9,11H2,1-5H3/t14-,15+,27-/m1/s1. The van der Waals surface area contributed by atoms with Crippen molar-refractivity contribution in [3.8, 4) is 5.75 Å². The van der Waals surface area contributed by atoms with Crippen LogP contribution in [0.5, 0.6) is 5.75 Å². The van der Waals surface area contributed by atoms with Crippen molar-refractivity contribution in [1.82, 2.24) is 0 Å². The molecule has 4 N–H and O–H groups in total. The summed E-state index contributed by atoms with van der Waals surface area (Å²) in [7, 11) is 0. The minimum absolute atomic E-state index is 0.0705. The van der Waals surface area contributed by atoms with E-state index in [1.54, 1.807) is 0 Å². The number of aromatic hydroxyl groups is 1. The van der Waals surface area contributed by atoms with Crippen molar-refractivity contribution in [3.05, 3.63) is 45.2 Å². The Kier molecular flexibility index (Phi) is 5.55. The highest BCUT2D eigenvalue weighted by atomic mass is 16.3. The molecule has 7 nitrogen and oxygen atoms in total. The number of carbonyl (C=O) groups excluding carboxylic acids is 3. The van der Waals surface area contributed by atoms with Gasteiger partial charge >= 0.3 is 0 Å². The second-order valence-corrected chi connectivity index (χ2v) is 10.9. The van der Waals surface area contributed by atoms with E-state index in [9.17, 15) is 34.8 Å². The summed E-state index contributed by atoms with van der Waals surface area (Å²) in [6, 6.07) is 1.97. The number of allylic oxidation sites excluding steroid dienone is 1. The molecule has 182 valence electrons. The number of aliphatic hydroxyl groups excluding tert-OH is 2. The molecule has 3 aliphatic carbocycles. The largest absolute Gasteiger partial charge is 0.508 e. The molecule has 1 aromatic rings. The number of carbonyl (C=O) groups is 3. The molecule has 3 atom stereocenters. The third kappa shape index (κ3) is 3.24. The van der Waals surface area contributed by atoms with E-state index in [0.29, 0.717) is 12.0 Å². The van der Waals surface area contributed by atoms with Gasteiger partial charge in [-0.25, -0.2) is 0 Å². The van der Waals surface area contributed by atoms with Gasteiger partial charge in [-0.3, -0.25) is 14.4 Å². The first-order chi connectivity index (χ1) is 15.7. The molecule has 34 heavy (non-hydrogen) atoms. The maximum absolute atomic E-state index is 13.7. The zero-order chi connectivity index (χ0) is 25.3. The smallest absolute Gasteiger partial charge is 0.202 e. The Hall–Kier alpha value is -2.93. The zero-order valence-electron chi connectivity index (χ0n) is 20.3. The number of phenolic OH excluding ortho intramolecular Hbond substituents is 1. The summed E-state index contributed by atoms with van der Waals surface area (Å²) < 4.78 is 0. The van der Waals surface area contributed by atoms with E-state index in [0.717, 1.165) is 30.9 Å². The molecule has 3 aliphatic rings. The molecular formula is C27H32O7. The van der Waals surface area contributed by atoms with Gasteiger partial charge in [0.05, 0.1) is 5.56 Å². The summed E-state index contributed by atoms with van der Waals surface area (Å²) in [4.78, 5) is 38.2. The first-order valence-corrected chi connectivity index (χ1v) is 11.8. The highest BCUT2D eigenvalue weighted by Crippen LogP contribution is 2.53. The lowest BCUT2D eigenvalue weighted by molar-refractivity contribution is -0.147. The Labute approximate surface area is 198 Å². The average molecular weight is 469 g/mol. The SMILES string of the molecule is CCCc1cc(C(C)(C)C)c(O)c2c1C[C@H]1C[C@H]3CC(=O)C(C(C)=O)=C(O)[C@@]3(O)C(=O)C1=C2O. The first kappa shape index (κ1) is 24.2. The minimum atomic E-state index is -2.46. The van der Waals surface area contributed by atoms with Crippen molar-refractivity contribution in [2.24, 2.45) is 11.8 Å². The fourth-order valence-corrected chi connectivity index (χ4v) is 5.94. The van der Waals surface area contributed by atoms with Crippen LogP contribution < -0.4 is 0 Å². The molecule has 0 unspecified atom stereocenters. The first-order valence-electron chi connectivity index (χ1n) is 11.8. The van der Waals surface area contributed by atoms with Gasteiger partial charge in [-0.1, -0.05) is 40.2 Å². The monoisotopic (exact) mass is 468 g/mol. The maximum Gasteiger partial charge on any atom is 0.202 e. The summed E-state index contributed by atoms with van der Waals surface area (Å²) >= 11 is 0. The van der Waals surface area contributed by atoms with E-state index < -0.39 is 57.3 Å². The molecule has 0 spiro atoms. The fourth-order valence-electron chi connectivity index (χ4n) is 5.94. The van der Waals surface area contributed by atoms with Gasteiger partial charge < -0.3 is 20.4 Å². The van der Waals surface area contributed by atoms with E-state index >= 15 is 0 Å². The van der Waals surface area contributed by atoms with Crippen LogP contribution in [0.4, 0.5) is 0 Å². The lowest BCUT2D eigenvalue weighted by Crippen LogP contribution is -2.57. The zero-order valence-corrected chi connectivity index (χ0v) is 20.3. The quantitative estimate of drug-likeness (QED) is 0.496. The number of rotatable bonds is 3. The Bertz CT molecular complexity index is 1190. The summed E-state index contributed by atoms with van der Waals surface area (Å²) in [6.45, 7) is 8.98. The van der Waals surface area contributed by atoms with Gasteiger partial charge in [0.15, 0.2) is 17.2 Å². The average Bonchev–Trinajstić information content (AvgIpc) is 2.71. The molecule has 0 radical (unpaired) electrons. The van der Waals surface area contributed by atoms with Crippen LogP contribution in [0.15, 0.2) is 23.0 Å². The minimum Gasteiger partial charge on any atom is -0.508 e. The van der Waals surface area contributed by atoms with E-state index in [2.05, 4.69) is 0 Å². The number of phenols is 1. The second-order valence-electron chi connectivity index (χ2n) is 10.9.